The Bertz CT molecular complexity index is 491. The molecule has 0 amide bonds. The van der Waals surface area contributed by atoms with Crippen molar-refractivity contribution in [1.82, 2.24) is 4.90 Å². The average molecular weight is 240 g/mol. The molecule has 0 spiro atoms. The van der Waals surface area contributed by atoms with Crippen LogP contribution in [0.4, 0.5) is 0 Å². The molecule has 0 radical (unpaired) electrons. The Hall–Kier alpha value is -1.66. The number of benzene rings is 1. The van der Waals surface area contributed by atoms with Gasteiger partial charge in [-0.15, -0.1) is 0 Å². The minimum atomic E-state index is -0.0198. The summed E-state index contributed by atoms with van der Waals surface area (Å²) in [6, 6.07) is 12.8. The van der Waals surface area contributed by atoms with Crippen LogP contribution in [0.2, 0.25) is 0 Å². The molecule has 2 aliphatic heterocycles. The van der Waals surface area contributed by atoms with E-state index in [9.17, 15) is 10.1 Å². The van der Waals surface area contributed by atoms with Crippen molar-refractivity contribution in [1.29, 1.82) is 5.26 Å². The molecule has 2 bridgehead atoms. The fourth-order valence-electron chi connectivity index (χ4n) is 3.30. The number of ketones is 1. The minimum Gasteiger partial charge on any atom is -0.298 e. The van der Waals surface area contributed by atoms with Crippen LogP contribution in [0.15, 0.2) is 30.3 Å². The van der Waals surface area contributed by atoms with Crippen LogP contribution in [-0.2, 0) is 11.3 Å². The molecule has 0 aliphatic carbocycles. The quantitative estimate of drug-likeness (QED) is 0.795. The normalized spacial score (nSPS) is 31.3. The Kier molecular flexibility index (Phi) is 2.89. The van der Waals surface area contributed by atoms with Gasteiger partial charge in [0.15, 0.2) is 0 Å². The third-order valence-corrected chi connectivity index (χ3v) is 4.20. The lowest BCUT2D eigenvalue weighted by Crippen LogP contribution is -2.45. The first-order valence-electron chi connectivity index (χ1n) is 6.51. The molecular formula is C15H16N2O. The molecule has 1 aromatic rings. The molecule has 0 N–H and O–H groups in total. The summed E-state index contributed by atoms with van der Waals surface area (Å²) in [5.41, 5.74) is 1.22. The van der Waals surface area contributed by atoms with Gasteiger partial charge in [0.1, 0.15) is 5.78 Å². The molecule has 1 aromatic carbocycles. The number of hydrogen-bond acceptors (Lipinski definition) is 3. The zero-order valence-corrected chi connectivity index (χ0v) is 10.2. The van der Waals surface area contributed by atoms with Gasteiger partial charge in [0.2, 0.25) is 0 Å². The second-order valence-corrected chi connectivity index (χ2v) is 5.22. The van der Waals surface area contributed by atoms with Crippen molar-refractivity contribution in [2.45, 2.75) is 37.9 Å². The molecule has 18 heavy (non-hydrogen) atoms. The van der Waals surface area contributed by atoms with Gasteiger partial charge >= 0.3 is 0 Å². The fourth-order valence-corrected chi connectivity index (χ4v) is 3.30. The molecule has 3 atom stereocenters. The van der Waals surface area contributed by atoms with Crippen molar-refractivity contribution in [2.24, 2.45) is 5.92 Å². The van der Waals surface area contributed by atoms with Crippen LogP contribution >= 0.6 is 0 Å². The lowest BCUT2D eigenvalue weighted by Gasteiger charge is -2.34. The highest BCUT2D eigenvalue weighted by Crippen LogP contribution is 2.38. The van der Waals surface area contributed by atoms with E-state index < -0.39 is 0 Å². The average Bonchev–Trinajstić information content (AvgIpc) is 2.65. The lowest BCUT2D eigenvalue weighted by molar-refractivity contribution is -0.126. The maximum Gasteiger partial charge on any atom is 0.150 e. The summed E-state index contributed by atoms with van der Waals surface area (Å²) in [5, 5.41) is 9.20. The first kappa shape index (κ1) is 11.4. The van der Waals surface area contributed by atoms with Crippen molar-refractivity contribution in [3.63, 3.8) is 0 Å². The van der Waals surface area contributed by atoms with Gasteiger partial charge in [-0.05, 0) is 18.4 Å². The molecule has 0 aromatic heterocycles. The number of piperidine rings is 1. The van der Waals surface area contributed by atoms with Crippen LogP contribution in [0, 0.1) is 17.2 Å². The van der Waals surface area contributed by atoms with Gasteiger partial charge in [-0.2, -0.15) is 5.26 Å². The smallest absolute Gasteiger partial charge is 0.150 e. The van der Waals surface area contributed by atoms with Gasteiger partial charge in [0, 0.05) is 19.0 Å². The SMILES string of the molecule is N#C[C@H]1C[C@H]2C(=O)CC[C@H]1N2Cc1ccccc1. The molecule has 2 aliphatic rings. The van der Waals surface area contributed by atoms with E-state index in [4.69, 9.17) is 0 Å². The summed E-state index contributed by atoms with van der Waals surface area (Å²) in [6.45, 7) is 0.792. The molecule has 2 fully saturated rings. The van der Waals surface area contributed by atoms with Crippen LogP contribution in [0.3, 0.4) is 0 Å². The van der Waals surface area contributed by atoms with E-state index in [0.29, 0.717) is 12.2 Å². The van der Waals surface area contributed by atoms with E-state index in [1.54, 1.807) is 0 Å². The highest BCUT2D eigenvalue weighted by atomic mass is 16.1. The second-order valence-electron chi connectivity index (χ2n) is 5.22. The number of nitriles is 1. The van der Waals surface area contributed by atoms with Crippen LogP contribution < -0.4 is 0 Å². The molecule has 0 saturated carbocycles. The van der Waals surface area contributed by atoms with Crippen molar-refractivity contribution in [3.05, 3.63) is 35.9 Å². The van der Waals surface area contributed by atoms with Crippen LogP contribution in [0.5, 0.6) is 0 Å². The molecule has 0 unspecified atom stereocenters. The monoisotopic (exact) mass is 240 g/mol. The second kappa shape index (κ2) is 4.55. The van der Waals surface area contributed by atoms with Gasteiger partial charge in [-0.25, -0.2) is 0 Å². The largest absolute Gasteiger partial charge is 0.298 e. The third-order valence-electron chi connectivity index (χ3n) is 4.20. The van der Waals surface area contributed by atoms with Crippen LogP contribution in [-0.4, -0.2) is 22.8 Å². The van der Waals surface area contributed by atoms with Crippen LogP contribution in [0.25, 0.3) is 0 Å². The number of carbonyl (C=O) groups excluding carboxylic acids is 1. The van der Waals surface area contributed by atoms with E-state index in [-0.39, 0.29) is 18.0 Å². The van der Waals surface area contributed by atoms with E-state index >= 15 is 0 Å². The first-order chi connectivity index (χ1) is 8.79. The summed E-state index contributed by atoms with van der Waals surface area (Å²) in [7, 11) is 0. The summed E-state index contributed by atoms with van der Waals surface area (Å²) in [4.78, 5) is 14.2. The van der Waals surface area contributed by atoms with Gasteiger partial charge in [-0.1, -0.05) is 30.3 Å². The van der Waals surface area contributed by atoms with Crippen molar-refractivity contribution < 1.29 is 4.79 Å². The van der Waals surface area contributed by atoms with Gasteiger partial charge in [0.05, 0.1) is 18.0 Å². The highest BCUT2D eigenvalue weighted by molar-refractivity contribution is 5.85. The van der Waals surface area contributed by atoms with E-state index in [0.717, 1.165) is 19.4 Å². The van der Waals surface area contributed by atoms with E-state index in [1.165, 1.54) is 5.56 Å². The van der Waals surface area contributed by atoms with E-state index in [1.807, 2.05) is 18.2 Å². The minimum absolute atomic E-state index is 0.0198. The zero-order valence-electron chi connectivity index (χ0n) is 10.2. The Morgan fingerprint density at radius 3 is 2.83 bits per heavy atom. The van der Waals surface area contributed by atoms with Crippen LogP contribution in [0.1, 0.15) is 24.8 Å². The fraction of sp³-hybridized carbons (Fsp3) is 0.467. The number of carbonyl (C=O) groups is 1. The predicted octanol–water partition coefficient (Wildman–Crippen LogP) is 2.13. The van der Waals surface area contributed by atoms with Crippen molar-refractivity contribution >= 4 is 5.78 Å². The maximum absolute atomic E-state index is 12.0. The summed E-state index contributed by atoms with van der Waals surface area (Å²) >= 11 is 0. The van der Waals surface area contributed by atoms with Crippen molar-refractivity contribution in [2.75, 3.05) is 0 Å². The number of nitrogens with zero attached hydrogens (tertiary/aromatic N) is 2. The topological polar surface area (TPSA) is 44.1 Å². The number of Topliss-reactive ketones (excluding diaryl/α,β-unsaturated/α-hetero) is 1. The molecule has 3 rings (SSSR count). The molecule has 2 saturated heterocycles. The van der Waals surface area contributed by atoms with E-state index in [2.05, 4.69) is 23.1 Å². The van der Waals surface area contributed by atoms with Gasteiger partial charge in [-0.3, -0.25) is 9.69 Å². The zero-order chi connectivity index (χ0) is 12.5. The van der Waals surface area contributed by atoms with Crippen molar-refractivity contribution in [3.8, 4) is 6.07 Å². The summed E-state index contributed by atoms with van der Waals surface area (Å²) < 4.78 is 0. The third kappa shape index (κ3) is 1.83. The standard InChI is InChI=1S/C15H16N2O/c16-9-12-8-14-15(18)7-6-13(12)17(14)10-11-4-2-1-3-5-11/h1-5,12-14H,6-8,10H2/t12-,13-,14+/m1/s1. The molecule has 92 valence electrons. The maximum atomic E-state index is 12.0. The van der Waals surface area contributed by atoms with Gasteiger partial charge < -0.3 is 0 Å². The predicted molar refractivity (Wildman–Crippen MR) is 67.5 cm³/mol. The summed E-state index contributed by atoms with van der Waals surface area (Å²) in [5.74, 6) is 0.352. The Balaban J connectivity index is 1.84. The molecular weight excluding hydrogens is 224 g/mol. The Labute approximate surface area is 107 Å². The van der Waals surface area contributed by atoms with Gasteiger partial charge in [0.25, 0.3) is 0 Å². The number of rotatable bonds is 2. The summed E-state index contributed by atoms with van der Waals surface area (Å²) in [6.07, 6.45) is 2.23. The number of hydrogen-bond donors (Lipinski definition) is 0. The lowest BCUT2D eigenvalue weighted by atomic mass is 9.98. The highest BCUT2D eigenvalue weighted by Gasteiger charge is 2.47. The molecule has 3 nitrogen and oxygen atoms in total. The first-order valence-corrected chi connectivity index (χ1v) is 6.51. The Morgan fingerprint density at radius 2 is 2.11 bits per heavy atom. The number of fused-ring (bicyclic) bond motifs is 2. The molecule has 3 heteroatoms. The Morgan fingerprint density at radius 1 is 1.33 bits per heavy atom. The molecule has 2 heterocycles.